The minimum atomic E-state index is 0.634. The number of nitrogens with zero attached hydrogens (tertiary/aromatic N) is 1. The second-order valence-electron chi connectivity index (χ2n) is 5.87. The smallest absolute Gasteiger partial charge is 0.0510 e. The molecule has 1 saturated heterocycles. The molecule has 0 aromatic heterocycles. The van der Waals surface area contributed by atoms with Crippen molar-refractivity contribution >= 4 is 0 Å². The van der Waals surface area contributed by atoms with Gasteiger partial charge < -0.3 is 10.1 Å². The summed E-state index contributed by atoms with van der Waals surface area (Å²) in [5, 5.41) is 3.69. The first-order valence-corrected chi connectivity index (χ1v) is 7.90. The molecule has 0 spiro atoms. The SMILES string of the molecule is CCCCN(CC(NCC)C1CCOC1)C1CC1. The van der Waals surface area contributed by atoms with Crippen molar-refractivity contribution in [3.63, 3.8) is 0 Å². The Morgan fingerprint density at radius 2 is 2.11 bits per heavy atom. The maximum atomic E-state index is 5.56. The van der Waals surface area contributed by atoms with Gasteiger partial charge in [0.1, 0.15) is 0 Å². The molecular formula is C15H30N2O. The average Bonchev–Trinajstić information content (AvgIpc) is 3.08. The third kappa shape index (κ3) is 4.22. The highest BCUT2D eigenvalue weighted by Gasteiger charge is 2.33. The largest absolute Gasteiger partial charge is 0.381 e. The fourth-order valence-corrected chi connectivity index (χ4v) is 2.99. The summed E-state index contributed by atoms with van der Waals surface area (Å²) in [5.41, 5.74) is 0. The molecule has 3 nitrogen and oxygen atoms in total. The van der Waals surface area contributed by atoms with Crippen molar-refractivity contribution in [2.24, 2.45) is 5.92 Å². The summed E-state index contributed by atoms with van der Waals surface area (Å²) in [6, 6.07) is 1.52. The van der Waals surface area contributed by atoms with Gasteiger partial charge >= 0.3 is 0 Å². The Morgan fingerprint density at radius 3 is 2.67 bits per heavy atom. The van der Waals surface area contributed by atoms with Crippen LogP contribution in [0.4, 0.5) is 0 Å². The van der Waals surface area contributed by atoms with Gasteiger partial charge in [0, 0.05) is 31.2 Å². The molecule has 1 saturated carbocycles. The first-order chi connectivity index (χ1) is 8.85. The highest BCUT2D eigenvalue weighted by atomic mass is 16.5. The Bertz CT molecular complexity index is 225. The Kier molecular flexibility index (Phi) is 5.93. The number of rotatable bonds is 9. The number of nitrogens with one attached hydrogen (secondary N) is 1. The van der Waals surface area contributed by atoms with Gasteiger partial charge in [-0.3, -0.25) is 4.90 Å². The van der Waals surface area contributed by atoms with Gasteiger partial charge in [0.2, 0.25) is 0 Å². The molecule has 2 unspecified atom stereocenters. The van der Waals surface area contributed by atoms with E-state index in [1.807, 2.05) is 0 Å². The summed E-state index contributed by atoms with van der Waals surface area (Å²) in [7, 11) is 0. The van der Waals surface area contributed by atoms with E-state index in [1.54, 1.807) is 0 Å². The van der Waals surface area contributed by atoms with E-state index in [9.17, 15) is 0 Å². The number of hydrogen-bond donors (Lipinski definition) is 1. The van der Waals surface area contributed by atoms with Crippen LogP contribution < -0.4 is 5.32 Å². The van der Waals surface area contributed by atoms with Crippen LogP contribution in [0.25, 0.3) is 0 Å². The van der Waals surface area contributed by atoms with E-state index in [0.29, 0.717) is 6.04 Å². The normalized spacial score (nSPS) is 25.8. The highest BCUT2D eigenvalue weighted by molar-refractivity contribution is 4.89. The van der Waals surface area contributed by atoms with Crippen LogP contribution in [-0.2, 0) is 4.74 Å². The van der Waals surface area contributed by atoms with Gasteiger partial charge in [-0.2, -0.15) is 0 Å². The maximum absolute atomic E-state index is 5.56. The lowest BCUT2D eigenvalue weighted by molar-refractivity contribution is 0.158. The van der Waals surface area contributed by atoms with E-state index in [1.165, 1.54) is 45.2 Å². The fourth-order valence-electron chi connectivity index (χ4n) is 2.99. The van der Waals surface area contributed by atoms with Crippen LogP contribution in [0.5, 0.6) is 0 Å². The zero-order chi connectivity index (χ0) is 12.8. The van der Waals surface area contributed by atoms with E-state index in [4.69, 9.17) is 4.74 Å². The zero-order valence-electron chi connectivity index (χ0n) is 12.2. The van der Waals surface area contributed by atoms with E-state index >= 15 is 0 Å². The molecule has 0 bridgehead atoms. The molecule has 3 heteroatoms. The van der Waals surface area contributed by atoms with Gasteiger partial charge in [0.25, 0.3) is 0 Å². The lowest BCUT2D eigenvalue weighted by Crippen LogP contribution is -2.47. The van der Waals surface area contributed by atoms with Crippen LogP contribution in [0.15, 0.2) is 0 Å². The predicted octanol–water partition coefficient (Wildman–Crippen LogP) is 2.27. The number of hydrogen-bond acceptors (Lipinski definition) is 3. The zero-order valence-corrected chi connectivity index (χ0v) is 12.2. The number of likely N-dealkylation sites (N-methyl/N-ethyl adjacent to an activating group) is 1. The van der Waals surface area contributed by atoms with Gasteiger partial charge in [-0.1, -0.05) is 20.3 Å². The maximum Gasteiger partial charge on any atom is 0.0510 e. The van der Waals surface area contributed by atoms with Gasteiger partial charge in [0.15, 0.2) is 0 Å². The van der Waals surface area contributed by atoms with Crippen molar-refractivity contribution < 1.29 is 4.74 Å². The van der Waals surface area contributed by atoms with Crippen molar-refractivity contribution in [2.45, 2.75) is 58.0 Å². The Balaban J connectivity index is 1.83. The van der Waals surface area contributed by atoms with Gasteiger partial charge in [-0.25, -0.2) is 0 Å². The van der Waals surface area contributed by atoms with E-state index in [-0.39, 0.29) is 0 Å². The van der Waals surface area contributed by atoms with Crippen LogP contribution >= 0.6 is 0 Å². The van der Waals surface area contributed by atoms with Crippen molar-refractivity contribution in [2.75, 3.05) is 32.8 Å². The summed E-state index contributed by atoms with van der Waals surface area (Å²) in [6.07, 6.45) is 6.73. The molecule has 2 rings (SSSR count). The number of ether oxygens (including phenoxy) is 1. The van der Waals surface area contributed by atoms with Gasteiger partial charge in [-0.15, -0.1) is 0 Å². The molecule has 1 N–H and O–H groups in total. The molecule has 0 amide bonds. The summed E-state index contributed by atoms with van der Waals surface area (Å²) >= 11 is 0. The first kappa shape index (κ1) is 14.3. The van der Waals surface area contributed by atoms with Crippen LogP contribution in [-0.4, -0.2) is 49.8 Å². The minimum absolute atomic E-state index is 0.634. The van der Waals surface area contributed by atoms with Crippen molar-refractivity contribution in [1.29, 1.82) is 0 Å². The van der Waals surface area contributed by atoms with Crippen LogP contribution in [0.1, 0.15) is 46.0 Å². The van der Waals surface area contributed by atoms with Crippen molar-refractivity contribution in [3.8, 4) is 0 Å². The minimum Gasteiger partial charge on any atom is -0.381 e. The van der Waals surface area contributed by atoms with E-state index in [2.05, 4.69) is 24.1 Å². The molecule has 2 aliphatic rings. The molecule has 1 aliphatic carbocycles. The topological polar surface area (TPSA) is 24.5 Å². The Labute approximate surface area is 112 Å². The van der Waals surface area contributed by atoms with E-state index in [0.717, 1.165) is 31.7 Å². The average molecular weight is 254 g/mol. The first-order valence-electron chi connectivity index (χ1n) is 7.90. The lowest BCUT2D eigenvalue weighted by Gasteiger charge is -2.31. The standard InChI is InChI=1S/C15H30N2O/c1-3-5-9-17(14-6-7-14)11-15(16-4-2)13-8-10-18-12-13/h13-16H,3-12H2,1-2H3. The molecule has 2 atom stereocenters. The molecular weight excluding hydrogens is 224 g/mol. The molecule has 106 valence electrons. The van der Waals surface area contributed by atoms with Crippen LogP contribution in [0.2, 0.25) is 0 Å². The highest BCUT2D eigenvalue weighted by Crippen LogP contribution is 2.28. The third-order valence-electron chi connectivity index (χ3n) is 4.29. The summed E-state index contributed by atoms with van der Waals surface area (Å²) in [4.78, 5) is 2.73. The number of unbranched alkanes of at least 4 members (excludes halogenated alkanes) is 1. The quantitative estimate of drug-likeness (QED) is 0.683. The predicted molar refractivity (Wildman–Crippen MR) is 75.9 cm³/mol. The Hall–Kier alpha value is -0.120. The molecule has 0 aromatic carbocycles. The fraction of sp³-hybridized carbons (Fsp3) is 1.00. The molecule has 0 aromatic rings. The monoisotopic (exact) mass is 254 g/mol. The second kappa shape index (κ2) is 7.46. The van der Waals surface area contributed by atoms with Gasteiger partial charge in [0.05, 0.1) is 6.61 Å². The second-order valence-corrected chi connectivity index (χ2v) is 5.87. The van der Waals surface area contributed by atoms with Gasteiger partial charge in [-0.05, 0) is 38.8 Å². The summed E-state index contributed by atoms with van der Waals surface area (Å²) < 4.78 is 5.56. The Morgan fingerprint density at radius 1 is 1.28 bits per heavy atom. The van der Waals surface area contributed by atoms with Crippen LogP contribution in [0, 0.1) is 5.92 Å². The summed E-state index contributed by atoms with van der Waals surface area (Å²) in [5.74, 6) is 0.729. The van der Waals surface area contributed by atoms with E-state index < -0.39 is 0 Å². The van der Waals surface area contributed by atoms with Crippen molar-refractivity contribution in [1.82, 2.24) is 10.2 Å². The summed E-state index contributed by atoms with van der Waals surface area (Å²) in [6.45, 7) is 10.0. The van der Waals surface area contributed by atoms with Crippen molar-refractivity contribution in [3.05, 3.63) is 0 Å². The third-order valence-corrected chi connectivity index (χ3v) is 4.29. The molecule has 1 heterocycles. The lowest BCUT2D eigenvalue weighted by atomic mass is 9.98. The molecule has 2 fully saturated rings. The molecule has 1 aliphatic heterocycles. The van der Waals surface area contributed by atoms with Crippen LogP contribution in [0.3, 0.4) is 0 Å². The molecule has 0 radical (unpaired) electrons. The molecule has 18 heavy (non-hydrogen) atoms.